The van der Waals surface area contributed by atoms with Gasteiger partial charge in [0, 0.05) is 41.0 Å². The number of carbonyl (C=O) groups is 1. The number of aromatic nitrogens is 3. The van der Waals surface area contributed by atoms with Crippen molar-refractivity contribution in [2.24, 2.45) is 7.05 Å². The lowest BCUT2D eigenvalue weighted by Crippen LogP contribution is -2.14. The lowest BCUT2D eigenvalue weighted by atomic mass is 9.93. The number of carboxylic acids is 1. The third-order valence-corrected chi connectivity index (χ3v) is 8.29. The normalized spacial score (nSPS) is 11.4. The van der Waals surface area contributed by atoms with Gasteiger partial charge in [-0.1, -0.05) is 29.8 Å². The summed E-state index contributed by atoms with van der Waals surface area (Å²) in [5.74, 6) is -0.883. The Balaban J connectivity index is 1.49. The van der Waals surface area contributed by atoms with Gasteiger partial charge in [0.1, 0.15) is 5.01 Å². The molecule has 1 N–H and O–H groups in total. The Kier molecular flexibility index (Phi) is 6.25. The zero-order valence-electron chi connectivity index (χ0n) is 21.1. The lowest BCUT2D eigenvalue weighted by Gasteiger charge is -2.13. The molecule has 3 aromatic carbocycles. The van der Waals surface area contributed by atoms with Gasteiger partial charge in [0.15, 0.2) is 0 Å². The van der Waals surface area contributed by atoms with Gasteiger partial charge in [-0.3, -0.25) is 14.6 Å². The summed E-state index contributed by atoms with van der Waals surface area (Å²) < 4.78 is 2.56. The molecular formula is C31H22ClN3O3S. The van der Waals surface area contributed by atoms with Gasteiger partial charge in [0.2, 0.25) is 0 Å². The van der Waals surface area contributed by atoms with Crippen LogP contribution >= 0.6 is 22.9 Å². The van der Waals surface area contributed by atoms with Crippen molar-refractivity contribution in [3.63, 3.8) is 0 Å². The summed E-state index contributed by atoms with van der Waals surface area (Å²) in [7, 11) is 1.76. The number of aliphatic carboxylic acids is 1. The third-order valence-electron chi connectivity index (χ3n) is 6.90. The second kappa shape index (κ2) is 9.76. The lowest BCUT2D eigenvalue weighted by molar-refractivity contribution is -0.136. The summed E-state index contributed by atoms with van der Waals surface area (Å²) in [5, 5.41) is 12.0. The molecule has 0 amide bonds. The summed E-state index contributed by atoms with van der Waals surface area (Å²) in [6, 6.07) is 22.7. The van der Waals surface area contributed by atoms with E-state index in [1.807, 2.05) is 73.7 Å². The number of halogens is 1. The molecule has 0 unspecified atom stereocenters. The summed E-state index contributed by atoms with van der Waals surface area (Å²) in [4.78, 5) is 33.3. The van der Waals surface area contributed by atoms with E-state index in [-0.39, 0.29) is 12.0 Å². The minimum absolute atomic E-state index is 0.0501. The summed E-state index contributed by atoms with van der Waals surface area (Å²) in [5.41, 5.74) is 7.71. The van der Waals surface area contributed by atoms with Crippen LogP contribution in [0.5, 0.6) is 0 Å². The van der Waals surface area contributed by atoms with E-state index in [4.69, 9.17) is 16.6 Å². The number of hydrogen-bond donors (Lipinski definition) is 1. The second-order valence-electron chi connectivity index (χ2n) is 9.43. The molecule has 0 bridgehead atoms. The van der Waals surface area contributed by atoms with Gasteiger partial charge >= 0.3 is 5.97 Å². The fraction of sp³-hybridized carbons (Fsp3) is 0.0968. The van der Waals surface area contributed by atoms with Crippen LogP contribution in [0.2, 0.25) is 5.02 Å². The molecule has 0 aliphatic carbocycles. The molecule has 0 saturated heterocycles. The van der Waals surface area contributed by atoms with Crippen LogP contribution in [0.3, 0.4) is 0 Å². The number of aryl methyl sites for hydroxylation is 2. The van der Waals surface area contributed by atoms with Crippen LogP contribution in [0.1, 0.15) is 11.1 Å². The van der Waals surface area contributed by atoms with E-state index in [2.05, 4.69) is 4.98 Å². The summed E-state index contributed by atoms with van der Waals surface area (Å²) in [6.07, 6.45) is 1.68. The van der Waals surface area contributed by atoms with Crippen LogP contribution in [0, 0.1) is 6.92 Å². The van der Waals surface area contributed by atoms with E-state index in [1.165, 1.54) is 11.3 Å². The Morgan fingerprint density at radius 2 is 1.74 bits per heavy atom. The van der Waals surface area contributed by atoms with E-state index in [9.17, 15) is 14.7 Å². The van der Waals surface area contributed by atoms with Gasteiger partial charge in [-0.05, 0) is 77.5 Å². The van der Waals surface area contributed by atoms with Crippen LogP contribution in [0.25, 0.3) is 54.1 Å². The van der Waals surface area contributed by atoms with Crippen molar-refractivity contribution in [1.29, 1.82) is 0 Å². The number of thiazole rings is 1. The van der Waals surface area contributed by atoms with Crippen molar-refractivity contribution < 1.29 is 9.90 Å². The average Bonchev–Trinajstić information content (AvgIpc) is 3.35. The van der Waals surface area contributed by atoms with E-state index in [0.29, 0.717) is 5.02 Å². The fourth-order valence-electron chi connectivity index (χ4n) is 4.93. The maximum absolute atomic E-state index is 12.0. The first-order valence-electron chi connectivity index (χ1n) is 12.3. The summed E-state index contributed by atoms with van der Waals surface area (Å²) in [6.45, 7) is 1.93. The number of carboxylic acid groups (broad SMARTS) is 1. The van der Waals surface area contributed by atoms with Gasteiger partial charge in [-0.25, -0.2) is 4.98 Å². The van der Waals surface area contributed by atoms with Gasteiger partial charge in [-0.2, -0.15) is 0 Å². The Hall–Kier alpha value is -4.33. The first kappa shape index (κ1) is 25.0. The molecule has 0 atom stereocenters. The topological polar surface area (TPSA) is 85.1 Å². The number of rotatable bonds is 5. The summed E-state index contributed by atoms with van der Waals surface area (Å²) >= 11 is 7.68. The van der Waals surface area contributed by atoms with Crippen LogP contribution in [0.4, 0.5) is 0 Å². The van der Waals surface area contributed by atoms with E-state index < -0.39 is 5.97 Å². The molecule has 0 saturated carbocycles. The molecule has 6 rings (SSSR count). The Morgan fingerprint density at radius 3 is 2.51 bits per heavy atom. The van der Waals surface area contributed by atoms with Gasteiger partial charge in [0.25, 0.3) is 5.56 Å². The van der Waals surface area contributed by atoms with E-state index in [1.54, 1.807) is 23.9 Å². The van der Waals surface area contributed by atoms with Crippen molar-refractivity contribution >= 4 is 50.0 Å². The molecule has 0 radical (unpaired) electrons. The number of benzene rings is 3. The minimum Gasteiger partial charge on any atom is -0.481 e. The second-order valence-corrected chi connectivity index (χ2v) is 10.9. The molecule has 192 valence electrons. The van der Waals surface area contributed by atoms with Crippen molar-refractivity contribution in [3.05, 3.63) is 105 Å². The minimum atomic E-state index is -0.883. The molecule has 3 heterocycles. The molecule has 6 aromatic rings. The maximum Gasteiger partial charge on any atom is 0.307 e. The highest BCUT2D eigenvalue weighted by Crippen LogP contribution is 2.41. The van der Waals surface area contributed by atoms with Crippen molar-refractivity contribution in [2.45, 2.75) is 13.3 Å². The van der Waals surface area contributed by atoms with E-state index >= 15 is 0 Å². The van der Waals surface area contributed by atoms with Gasteiger partial charge < -0.3 is 9.67 Å². The first-order chi connectivity index (χ1) is 18.8. The smallest absolute Gasteiger partial charge is 0.307 e. The number of fused-ring (bicyclic) bond motifs is 2. The predicted octanol–water partition coefficient (Wildman–Crippen LogP) is 7.13. The quantitative estimate of drug-likeness (QED) is 0.246. The average molecular weight is 552 g/mol. The number of pyridine rings is 2. The standard InChI is InChI=1S/C31H22ClN3O3S/c1-17-13-25-30(29(23(17)16-28(37)38)18-3-7-22(32)8-4-18)39-31(34-25)21-11-12-33-24(15-21)19-5-9-26-20(14-19)6-10-27(36)35(26)2/h3-15H,16H2,1-2H3,(H,37,38). The zero-order chi connectivity index (χ0) is 27.3. The van der Waals surface area contributed by atoms with Gasteiger partial charge in [-0.15, -0.1) is 11.3 Å². The molecule has 0 aliphatic rings. The molecule has 0 spiro atoms. The van der Waals surface area contributed by atoms with Crippen molar-refractivity contribution in [3.8, 4) is 33.0 Å². The Bertz CT molecular complexity index is 1980. The van der Waals surface area contributed by atoms with Crippen molar-refractivity contribution in [2.75, 3.05) is 0 Å². The Morgan fingerprint density at radius 1 is 0.974 bits per heavy atom. The predicted molar refractivity (Wildman–Crippen MR) is 158 cm³/mol. The van der Waals surface area contributed by atoms with Crippen LogP contribution in [-0.2, 0) is 18.3 Å². The van der Waals surface area contributed by atoms with E-state index in [0.717, 1.165) is 65.2 Å². The molecule has 8 heteroatoms. The SMILES string of the molecule is Cc1cc2nc(-c3ccnc(-c4ccc5c(ccc(=O)n5C)c4)c3)sc2c(-c2ccc(Cl)cc2)c1CC(=O)O. The third kappa shape index (κ3) is 4.60. The highest BCUT2D eigenvalue weighted by atomic mass is 35.5. The first-order valence-corrected chi connectivity index (χ1v) is 13.5. The largest absolute Gasteiger partial charge is 0.481 e. The molecule has 6 nitrogen and oxygen atoms in total. The highest BCUT2D eigenvalue weighted by molar-refractivity contribution is 7.22. The van der Waals surface area contributed by atoms with Gasteiger partial charge in [0.05, 0.1) is 27.8 Å². The number of nitrogens with zero attached hydrogens (tertiary/aromatic N) is 3. The molecular weight excluding hydrogens is 530 g/mol. The van der Waals surface area contributed by atoms with Crippen LogP contribution in [-0.4, -0.2) is 25.6 Å². The molecule has 0 aliphatic heterocycles. The Labute approximate surface area is 232 Å². The fourth-order valence-corrected chi connectivity index (χ4v) is 6.19. The van der Waals surface area contributed by atoms with Crippen LogP contribution in [0.15, 0.2) is 83.8 Å². The molecule has 3 aromatic heterocycles. The monoisotopic (exact) mass is 551 g/mol. The van der Waals surface area contributed by atoms with Crippen molar-refractivity contribution in [1.82, 2.24) is 14.5 Å². The molecule has 0 fully saturated rings. The molecule has 39 heavy (non-hydrogen) atoms. The highest BCUT2D eigenvalue weighted by Gasteiger charge is 2.20. The zero-order valence-corrected chi connectivity index (χ0v) is 22.7. The van der Waals surface area contributed by atoms with Crippen LogP contribution < -0.4 is 5.56 Å². The maximum atomic E-state index is 12.0. The number of hydrogen-bond acceptors (Lipinski definition) is 5.